The molecule has 4 rings (SSSR count). The van der Waals surface area contributed by atoms with Gasteiger partial charge in [-0.2, -0.15) is 5.01 Å². The number of carbonyl (C=O) groups is 3. The van der Waals surface area contributed by atoms with Crippen molar-refractivity contribution in [3.05, 3.63) is 53.6 Å². The molecule has 0 radical (unpaired) electrons. The molecule has 9 nitrogen and oxygen atoms in total. The highest BCUT2D eigenvalue weighted by Gasteiger charge is 2.50. The van der Waals surface area contributed by atoms with E-state index in [0.717, 1.165) is 0 Å². The standard InChI is InChI=1S/C19H17N3O6/c1-19(12-4-6-13(26-2)7-5-12)17(24)22(18(25)20-19)21-16(23)11-3-8-14-15(9-11)28-10-27-14/h3-9H,10H2,1-2H3,(H,20,25)(H,21,23)/t19-/m1/s1. The summed E-state index contributed by atoms with van der Waals surface area (Å²) in [6.45, 7) is 1.65. The highest BCUT2D eigenvalue weighted by Crippen LogP contribution is 2.33. The van der Waals surface area contributed by atoms with Crippen LogP contribution in [0.5, 0.6) is 17.2 Å². The van der Waals surface area contributed by atoms with Crippen molar-refractivity contribution in [2.24, 2.45) is 0 Å². The Kier molecular flexibility index (Phi) is 4.07. The normalized spacial score (nSPS) is 20.1. The van der Waals surface area contributed by atoms with Gasteiger partial charge in [0.2, 0.25) is 6.79 Å². The van der Waals surface area contributed by atoms with Crippen LogP contribution in [0.25, 0.3) is 0 Å². The van der Waals surface area contributed by atoms with Crippen LogP contribution in [0.3, 0.4) is 0 Å². The van der Waals surface area contributed by atoms with Crippen molar-refractivity contribution < 1.29 is 28.6 Å². The molecule has 2 N–H and O–H groups in total. The summed E-state index contributed by atoms with van der Waals surface area (Å²) in [7, 11) is 1.53. The molecule has 2 aromatic carbocycles. The smallest absolute Gasteiger partial charge is 0.344 e. The Labute approximate surface area is 160 Å². The van der Waals surface area contributed by atoms with Gasteiger partial charge < -0.3 is 19.5 Å². The summed E-state index contributed by atoms with van der Waals surface area (Å²) in [5, 5.41) is 3.30. The van der Waals surface area contributed by atoms with Crippen molar-refractivity contribution in [2.75, 3.05) is 13.9 Å². The lowest BCUT2D eigenvalue weighted by Crippen LogP contribution is -2.47. The largest absolute Gasteiger partial charge is 0.497 e. The minimum absolute atomic E-state index is 0.0770. The van der Waals surface area contributed by atoms with Crippen LogP contribution in [-0.4, -0.2) is 36.8 Å². The molecule has 1 saturated heterocycles. The maximum atomic E-state index is 12.9. The summed E-state index contributed by atoms with van der Waals surface area (Å²) in [4.78, 5) is 37.8. The third-order valence-electron chi connectivity index (χ3n) is 4.71. The number of methoxy groups -OCH3 is 1. The molecule has 0 unspecified atom stereocenters. The lowest BCUT2D eigenvalue weighted by atomic mass is 9.92. The molecule has 0 aromatic heterocycles. The Morgan fingerprint density at radius 1 is 1.14 bits per heavy atom. The first-order valence-corrected chi connectivity index (χ1v) is 8.44. The molecule has 2 aromatic rings. The second-order valence-corrected chi connectivity index (χ2v) is 6.43. The van der Waals surface area contributed by atoms with Gasteiger partial charge in [-0.25, -0.2) is 4.79 Å². The number of amides is 4. The number of imide groups is 1. The summed E-state index contributed by atoms with van der Waals surface area (Å²) >= 11 is 0. The molecule has 28 heavy (non-hydrogen) atoms. The van der Waals surface area contributed by atoms with E-state index in [1.54, 1.807) is 37.3 Å². The number of hydrazine groups is 1. The zero-order valence-electron chi connectivity index (χ0n) is 15.1. The van der Waals surface area contributed by atoms with Crippen LogP contribution in [0.15, 0.2) is 42.5 Å². The third-order valence-corrected chi connectivity index (χ3v) is 4.71. The van der Waals surface area contributed by atoms with Crippen molar-refractivity contribution in [1.82, 2.24) is 15.8 Å². The van der Waals surface area contributed by atoms with Gasteiger partial charge >= 0.3 is 6.03 Å². The van der Waals surface area contributed by atoms with Crippen LogP contribution >= 0.6 is 0 Å². The average Bonchev–Trinajstić information content (AvgIpc) is 3.26. The number of hydrogen-bond acceptors (Lipinski definition) is 6. The number of carbonyl (C=O) groups excluding carboxylic acids is 3. The molecular formula is C19H17N3O6. The molecule has 1 fully saturated rings. The van der Waals surface area contributed by atoms with E-state index < -0.39 is 23.4 Å². The van der Waals surface area contributed by atoms with E-state index >= 15 is 0 Å². The van der Waals surface area contributed by atoms with Crippen molar-refractivity contribution in [3.63, 3.8) is 0 Å². The van der Waals surface area contributed by atoms with E-state index in [1.165, 1.54) is 19.2 Å². The molecular weight excluding hydrogens is 366 g/mol. The van der Waals surface area contributed by atoms with E-state index in [-0.39, 0.29) is 12.4 Å². The molecule has 1 atom stereocenters. The first-order chi connectivity index (χ1) is 13.4. The maximum Gasteiger partial charge on any atom is 0.344 e. The van der Waals surface area contributed by atoms with E-state index in [0.29, 0.717) is 27.8 Å². The number of urea groups is 1. The summed E-state index contributed by atoms with van der Waals surface area (Å²) in [6, 6.07) is 10.6. The predicted octanol–water partition coefficient (Wildman–Crippen LogP) is 1.54. The fraction of sp³-hybridized carbons (Fsp3) is 0.211. The van der Waals surface area contributed by atoms with Crippen molar-refractivity contribution in [1.29, 1.82) is 0 Å². The number of hydrogen-bond donors (Lipinski definition) is 2. The van der Waals surface area contributed by atoms with Crippen molar-refractivity contribution in [2.45, 2.75) is 12.5 Å². The molecule has 0 aliphatic carbocycles. The minimum atomic E-state index is -1.31. The molecule has 144 valence electrons. The monoisotopic (exact) mass is 383 g/mol. The SMILES string of the molecule is COc1ccc([C@@]2(C)NC(=O)N(NC(=O)c3ccc4c(c3)OCO4)C2=O)cc1. The highest BCUT2D eigenvalue weighted by molar-refractivity contribution is 6.09. The Hall–Kier alpha value is -3.75. The van der Waals surface area contributed by atoms with Crippen LogP contribution < -0.4 is 25.0 Å². The topological polar surface area (TPSA) is 106 Å². The lowest BCUT2D eigenvalue weighted by Gasteiger charge is -2.22. The Balaban J connectivity index is 1.54. The lowest BCUT2D eigenvalue weighted by molar-refractivity contribution is -0.132. The van der Waals surface area contributed by atoms with Crippen LogP contribution in [-0.2, 0) is 10.3 Å². The van der Waals surface area contributed by atoms with Gasteiger partial charge in [0.25, 0.3) is 11.8 Å². The van der Waals surface area contributed by atoms with E-state index in [2.05, 4.69) is 10.7 Å². The summed E-state index contributed by atoms with van der Waals surface area (Å²) < 4.78 is 15.5. The number of fused-ring (bicyclic) bond motifs is 1. The van der Waals surface area contributed by atoms with Gasteiger partial charge in [0.1, 0.15) is 11.3 Å². The molecule has 2 aliphatic heterocycles. The Morgan fingerprint density at radius 2 is 1.86 bits per heavy atom. The van der Waals surface area contributed by atoms with E-state index in [4.69, 9.17) is 14.2 Å². The Bertz CT molecular complexity index is 974. The van der Waals surface area contributed by atoms with Gasteiger partial charge in [0.15, 0.2) is 11.5 Å². The number of ether oxygens (including phenoxy) is 3. The quantitative estimate of drug-likeness (QED) is 0.776. The van der Waals surface area contributed by atoms with Crippen LogP contribution in [0, 0.1) is 0 Å². The number of nitrogens with zero attached hydrogens (tertiary/aromatic N) is 1. The summed E-state index contributed by atoms with van der Waals surface area (Å²) in [6.07, 6.45) is 0. The number of benzene rings is 2. The molecule has 2 heterocycles. The average molecular weight is 383 g/mol. The maximum absolute atomic E-state index is 12.9. The van der Waals surface area contributed by atoms with Gasteiger partial charge in [-0.05, 0) is 42.8 Å². The molecule has 9 heteroatoms. The van der Waals surface area contributed by atoms with Gasteiger partial charge in [0, 0.05) is 5.56 Å². The van der Waals surface area contributed by atoms with Gasteiger partial charge in [-0.1, -0.05) is 12.1 Å². The van der Waals surface area contributed by atoms with Crippen LogP contribution in [0.1, 0.15) is 22.8 Å². The Morgan fingerprint density at radius 3 is 2.57 bits per heavy atom. The van der Waals surface area contributed by atoms with E-state index in [1.807, 2.05) is 0 Å². The first-order valence-electron chi connectivity index (χ1n) is 8.44. The minimum Gasteiger partial charge on any atom is -0.497 e. The fourth-order valence-electron chi connectivity index (χ4n) is 3.06. The van der Waals surface area contributed by atoms with Crippen molar-refractivity contribution in [3.8, 4) is 17.2 Å². The fourth-order valence-corrected chi connectivity index (χ4v) is 3.06. The molecule has 0 spiro atoms. The highest BCUT2D eigenvalue weighted by atomic mass is 16.7. The van der Waals surface area contributed by atoms with E-state index in [9.17, 15) is 14.4 Å². The van der Waals surface area contributed by atoms with Gasteiger partial charge in [-0.3, -0.25) is 15.0 Å². The van der Waals surface area contributed by atoms with Crippen LogP contribution in [0.4, 0.5) is 4.79 Å². The van der Waals surface area contributed by atoms with Crippen molar-refractivity contribution >= 4 is 17.8 Å². The molecule has 0 saturated carbocycles. The molecule has 4 amide bonds. The zero-order chi connectivity index (χ0) is 19.9. The third kappa shape index (κ3) is 2.77. The molecule has 0 bridgehead atoms. The second-order valence-electron chi connectivity index (χ2n) is 6.43. The predicted molar refractivity (Wildman–Crippen MR) is 95.8 cm³/mol. The summed E-state index contributed by atoms with van der Waals surface area (Å²) in [5.41, 5.74) is 1.82. The van der Waals surface area contributed by atoms with Crippen LogP contribution in [0.2, 0.25) is 0 Å². The number of rotatable bonds is 4. The van der Waals surface area contributed by atoms with Gasteiger partial charge in [-0.15, -0.1) is 0 Å². The van der Waals surface area contributed by atoms with Gasteiger partial charge in [0.05, 0.1) is 7.11 Å². The first kappa shape index (κ1) is 17.7. The molecule has 2 aliphatic rings. The zero-order valence-corrected chi connectivity index (χ0v) is 15.1. The summed E-state index contributed by atoms with van der Waals surface area (Å²) in [5.74, 6) is 0.348. The second kappa shape index (κ2) is 6.45. The number of nitrogens with one attached hydrogen (secondary N) is 2.